The second-order valence-corrected chi connectivity index (χ2v) is 12.2. The molecule has 5 amide bonds. The van der Waals surface area contributed by atoms with Crippen molar-refractivity contribution in [2.24, 2.45) is 17.1 Å². The Morgan fingerprint density at radius 2 is 1.58 bits per heavy atom. The second kappa shape index (κ2) is 12.9. The molecule has 1 aromatic rings. The normalized spacial score (nSPS) is 15.4. The van der Waals surface area contributed by atoms with Crippen molar-refractivity contribution in [2.45, 2.75) is 91.4 Å². The van der Waals surface area contributed by atoms with Gasteiger partial charge in [-0.05, 0) is 44.1 Å². The molecule has 10 heteroatoms. The fourth-order valence-corrected chi connectivity index (χ4v) is 4.23. The van der Waals surface area contributed by atoms with Gasteiger partial charge in [-0.15, -0.1) is 0 Å². The van der Waals surface area contributed by atoms with Crippen molar-refractivity contribution in [3.05, 3.63) is 35.9 Å². The van der Waals surface area contributed by atoms with E-state index in [0.29, 0.717) is 6.42 Å². The van der Waals surface area contributed by atoms with Crippen molar-refractivity contribution in [3.8, 4) is 0 Å². The molecule has 10 nitrogen and oxygen atoms in total. The number of rotatable bonds is 11. The Balaban J connectivity index is 2.28. The zero-order chi connectivity index (χ0) is 28.7. The van der Waals surface area contributed by atoms with Crippen molar-refractivity contribution in [1.82, 2.24) is 20.9 Å². The van der Waals surface area contributed by atoms with Crippen LogP contribution in [0, 0.1) is 11.3 Å². The number of carbonyl (C=O) groups is 5. The molecule has 1 saturated carbocycles. The first-order valence-corrected chi connectivity index (χ1v) is 13.1. The Hall–Kier alpha value is -3.43. The van der Waals surface area contributed by atoms with Gasteiger partial charge in [-0.25, -0.2) is 4.79 Å². The second-order valence-electron chi connectivity index (χ2n) is 12.2. The van der Waals surface area contributed by atoms with E-state index in [0.717, 1.165) is 24.8 Å². The molecule has 1 aliphatic rings. The fraction of sp³-hybridized carbons (Fsp3) is 0.607. The number of hydrogen-bond donors (Lipinski definition) is 4. The Labute approximate surface area is 225 Å². The van der Waals surface area contributed by atoms with Crippen molar-refractivity contribution < 1.29 is 24.0 Å². The number of benzene rings is 1. The summed E-state index contributed by atoms with van der Waals surface area (Å²) >= 11 is 0. The van der Waals surface area contributed by atoms with Crippen molar-refractivity contribution in [1.29, 1.82) is 0 Å². The van der Waals surface area contributed by atoms with Crippen LogP contribution < -0.4 is 21.7 Å². The summed E-state index contributed by atoms with van der Waals surface area (Å²) in [5.41, 5.74) is 4.83. The fourth-order valence-electron chi connectivity index (χ4n) is 4.23. The molecular weight excluding hydrogens is 486 g/mol. The first kappa shape index (κ1) is 30.8. The molecule has 2 atom stereocenters. The Bertz CT molecular complexity index is 1010. The minimum absolute atomic E-state index is 0.110. The van der Waals surface area contributed by atoms with Crippen LogP contribution in [0.1, 0.15) is 72.8 Å². The molecule has 0 radical (unpaired) electrons. The predicted molar refractivity (Wildman–Crippen MR) is 145 cm³/mol. The van der Waals surface area contributed by atoms with Crippen LogP contribution in [0.25, 0.3) is 0 Å². The third-order valence-electron chi connectivity index (χ3n) is 6.43. The molecule has 5 N–H and O–H groups in total. The highest BCUT2D eigenvalue weighted by Gasteiger charge is 2.37. The number of hydrogen-bond acceptors (Lipinski definition) is 5. The summed E-state index contributed by atoms with van der Waals surface area (Å²) in [6.07, 6.45) is 3.22. The number of ketones is 1. The van der Waals surface area contributed by atoms with Crippen LogP contribution in [0.5, 0.6) is 0 Å². The van der Waals surface area contributed by atoms with E-state index in [4.69, 9.17) is 5.73 Å². The molecular formula is C28H43N5O5. The number of nitrogens with two attached hydrogens (primary N) is 1. The molecule has 0 aliphatic heterocycles. The largest absolute Gasteiger partial charge is 0.363 e. The molecule has 210 valence electrons. The maximum Gasteiger partial charge on any atom is 0.315 e. The predicted octanol–water partition coefficient (Wildman–Crippen LogP) is 2.26. The Morgan fingerprint density at radius 3 is 2.05 bits per heavy atom. The van der Waals surface area contributed by atoms with E-state index in [1.807, 2.05) is 71.9 Å². The number of primary amides is 1. The first-order chi connectivity index (χ1) is 17.6. The van der Waals surface area contributed by atoms with Gasteiger partial charge in [0.05, 0.1) is 12.6 Å². The van der Waals surface area contributed by atoms with Crippen LogP contribution in [0.2, 0.25) is 0 Å². The topological polar surface area (TPSA) is 151 Å². The lowest BCUT2D eigenvalue weighted by Crippen LogP contribution is -2.59. The monoisotopic (exact) mass is 529 g/mol. The first-order valence-electron chi connectivity index (χ1n) is 13.1. The summed E-state index contributed by atoms with van der Waals surface area (Å²) in [7, 11) is 0. The quantitative estimate of drug-likeness (QED) is 0.324. The number of Topliss-reactive ketones (excluding diaryl/α,β-unsaturated/α-hetero) is 1. The van der Waals surface area contributed by atoms with Gasteiger partial charge >= 0.3 is 6.03 Å². The molecule has 1 unspecified atom stereocenters. The highest BCUT2D eigenvalue weighted by Crippen LogP contribution is 2.30. The van der Waals surface area contributed by atoms with Gasteiger partial charge in [0, 0.05) is 12.1 Å². The average Bonchev–Trinajstić information content (AvgIpc) is 2.76. The van der Waals surface area contributed by atoms with Gasteiger partial charge in [0.1, 0.15) is 6.04 Å². The third kappa shape index (κ3) is 9.79. The summed E-state index contributed by atoms with van der Waals surface area (Å²) in [6.45, 7) is 10.7. The molecule has 1 fully saturated rings. The van der Waals surface area contributed by atoms with Crippen LogP contribution in [0.15, 0.2) is 30.3 Å². The van der Waals surface area contributed by atoms with Gasteiger partial charge in [-0.3, -0.25) is 19.2 Å². The van der Waals surface area contributed by atoms with Crippen molar-refractivity contribution >= 4 is 29.5 Å². The highest BCUT2D eigenvalue weighted by molar-refractivity contribution is 6.37. The van der Waals surface area contributed by atoms with E-state index < -0.39 is 52.6 Å². The smallest absolute Gasteiger partial charge is 0.315 e. The summed E-state index contributed by atoms with van der Waals surface area (Å²) in [4.78, 5) is 65.1. The van der Waals surface area contributed by atoms with Gasteiger partial charge in [0.2, 0.25) is 17.6 Å². The lowest BCUT2D eigenvalue weighted by Gasteiger charge is -2.36. The highest BCUT2D eigenvalue weighted by atomic mass is 16.2. The number of urea groups is 1. The summed E-state index contributed by atoms with van der Waals surface area (Å²) in [5, 5.41) is 8.22. The van der Waals surface area contributed by atoms with Gasteiger partial charge < -0.3 is 26.6 Å². The Kier molecular flexibility index (Phi) is 10.4. The SMILES string of the molecule is CC(C)(C)NC(=O)N[C@H](C(=O)N(CC(=O)NC(CC1CCC1)C(=O)C(N)=O)Cc1ccccc1)C(C)(C)C. The maximum absolute atomic E-state index is 13.9. The molecule has 0 heterocycles. The standard InChI is InChI=1S/C28H43N5O5/c1-27(2,3)23(31-26(38)32-28(4,5)6)25(37)33(16-19-11-8-7-9-12-19)17-21(34)30-20(22(35)24(29)36)15-18-13-10-14-18/h7-9,11-12,18,20,23H,10,13-17H2,1-6H3,(H2,29,36)(H,30,34)(H2,31,32,38)/t20?,23-/m1/s1. The molecule has 1 aliphatic carbocycles. The third-order valence-corrected chi connectivity index (χ3v) is 6.43. The number of nitrogens with zero attached hydrogens (tertiary/aromatic N) is 1. The van der Waals surface area contributed by atoms with Gasteiger partial charge in [-0.2, -0.15) is 0 Å². The maximum atomic E-state index is 13.9. The zero-order valence-electron chi connectivity index (χ0n) is 23.4. The van der Waals surface area contributed by atoms with E-state index in [1.165, 1.54) is 4.90 Å². The van der Waals surface area contributed by atoms with E-state index in [2.05, 4.69) is 16.0 Å². The molecule has 0 saturated heterocycles. The van der Waals surface area contributed by atoms with Gasteiger partial charge in [0.25, 0.3) is 5.91 Å². The minimum Gasteiger partial charge on any atom is -0.363 e. The van der Waals surface area contributed by atoms with Crippen LogP contribution >= 0.6 is 0 Å². The summed E-state index contributed by atoms with van der Waals surface area (Å²) in [5.74, 6) is -2.74. The minimum atomic E-state index is -1.10. The van der Waals surface area contributed by atoms with Crippen molar-refractivity contribution in [3.63, 3.8) is 0 Å². The molecule has 1 aromatic carbocycles. The van der Waals surface area contributed by atoms with E-state index in [9.17, 15) is 24.0 Å². The van der Waals surface area contributed by atoms with E-state index in [1.54, 1.807) is 0 Å². The van der Waals surface area contributed by atoms with Crippen LogP contribution in [-0.2, 0) is 25.7 Å². The molecule has 0 aromatic heterocycles. The van der Waals surface area contributed by atoms with Crippen LogP contribution in [0.3, 0.4) is 0 Å². The molecule has 0 spiro atoms. The Morgan fingerprint density at radius 1 is 0.974 bits per heavy atom. The van der Waals surface area contributed by atoms with Gasteiger partial charge in [-0.1, -0.05) is 70.4 Å². The zero-order valence-corrected chi connectivity index (χ0v) is 23.4. The van der Waals surface area contributed by atoms with E-state index >= 15 is 0 Å². The lowest BCUT2D eigenvalue weighted by molar-refractivity contribution is -0.142. The number of amides is 5. The summed E-state index contributed by atoms with van der Waals surface area (Å²) < 4.78 is 0. The average molecular weight is 530 g/mol. The lowest BCUT2D eigenvalue weighted by atomic mass is 9.80. The van der Waals surface area contributed by atoms with E-state index in [-0.39, 0.29) is 19.0 Å². The van der Waals surface area contributed by atoms with Crippen LogP contribution in [-0.4, -0.2) is 58.6 Å². The van der Waals surface area contributed by atoms with Crippen LogP contribution in [0.4, 0.5) is 4.79 Å². The number of nitrogens with one attached hydrogen (secondary N) is 3. The summed E-state index contributed by atoms with van der Waals surface area (Å²) in [6, 6.07) is 6.69. The molecule has 0 bridgehead atoms. The molecule has 2 rings (SSSR count). The van der Waals surface area contributed by atoms with Gasteiger partial charge in [0.15, 0.2) is 0 Å². The number of carbonyl (C=O) groups excluding carboxylic acids is 5. The molecule has 38 heavy (non-hydrogen) atoms. The van der Waals surface area contributed by atoms with Crippen molar-refractivity contribution in [2.75, 3.05) is 6.54 Å².